The van der Waals surface area contributed by atoms with E-state index in [1.54, 1.807) is 14.2 Å². The molecule has 0 spiro atoms. The van der Waals surface area contributed by atoms with Crippen molar-refractivity contribution in [3.05, 3.63) is 71.0 Å². The highest BCUT2D eigenvalue weighted by molar-refractivity contribution is 5.44. The van der Waals surface area contributed by atoms with Crippen LogP contribution >= 0.6 is 0 Å². The molecule has 5 nitrogen and oxygen atoms in total. The van der Waals surface area contributed by atoms with Gasteiger partial charge in [-0.2, -0.15) is 5.10 Å². The summed E-state index contributed by atoms with van der Waals surface area (Å²) in [5, 5.41) is 8.56. The van der Waals surface area contributed by atoms with Crippen molar-refractivity contribution < 1.29 is 9.47 Å². The molecule has 1 atom stereocenters. The van der Waals surface area contributed by atoms with Gasteiger partial charge < -0.3 is 14.8 Å². The van der Waals surface area contributed by atoms with Crippen LogP contribution in [0.25, 0.3) is 5.69 Å². The molecule has 0 amide bonds. The Labute approximate surface area is 179 Å². The summed E-state index contributed by atoms with van der Waals surface area (Å²) in [6.45, 7) is 7.59. The molecule has 0 bridgehead atoms. The second-order valence-corrected chi connectivity index (χ2v) is 8.91. The van der Waals surface area contributed by atoms with E-state index in [1.165, 1.54) is 22.4 Å². The minimum Gasteiger partial charge on any atom is -0.493 e. The summed E-state index contributed by atoms with van der Waals surface area (Å²) < 4.78 is 12.9. The molecule has 30 heavy (non-hydrogen) atoms. The van der Waals surface area contributed by atoms with E-state index in [1.807, 2.05) is 18.3 Å². The van der Waals surface area contributed by atoms with Gasteiger partial charge in [-0.05, 0) is 54.5 Å². The van der Waals surface area contributed by atoms with Crippen LogP contribution in [0, 0.1) is 12.3 Å². The topological polar surface area (TPSA) is 48.3 Å². The van der Waals surface area contributed by atoms with E-state index in [9.17, 15) is 0 Å². The maximum Gasteiger partial charge on any atom is 0.161 e. The van der Waals surface area contributed by atoms with Gasteiger partial charge in [0.05, 0.1) is 26.1 Å². The van der Waals surface area contributed by atoms with E-state index in [2.05, 4.69) is 61.1 Å². The predicted molar refractivity (Wildman–Crippen MR) is 120 cm³/mol. The summed E-state index contributed by atoms with van der Waals surface area (Å²) in [6, 6.07) is 14.8. The molecule has 0 saturated carbocycles. The van der Waals surface area contributed by atoms with Crippen molar-refractivity contribution in [1.82, 2.24) is 15.1 Å². The third-order valence-corrected chi connectivity index (χ3v) is 6.02. The Morgan fingerprint density at radius 3 is 2.60 bits per heavy atom. The molecule has 1 aliphatic rings. The Morgan fingerprint density at radius 1 is 1.10 bits per heavy atom. The Bertz CT molecular complexity index is 1040. The van der Waals surface area contributed by atoms with Crippen molar-refractivity contribution in [3.8, 4) is 17.2 Å². The number of rotatable bonds is 6. The highest BCUT2D eigenvalue weighted by Crippen LogP contribution is 2.41. The quantitative estimate of drug-likeness (QED) is 0.627. The van der Waals surface area contributed by atoms with Crippen LogP contribution in [-0.4, -0.2) is 24.0 Å². The van der Waals surface area contributed by atoms with Gasteiger partial charge >= 0.3 is 0 Å². The van der Waals surface area contributed by atoms with Crippen molar-refractivity contribution in [2.75, 3.05) is 14.2 Å². The predicted octanol–water partition coefficient (Wildman–Crippen LogP) is 5.00. The normalized spacial score (nSPS) is 17.4. The lowest BCUT2D eigenvalue weighted by molar-refractivity contribution is 0.252. The molecule has 5 heteroatoms. The lowest BCUT2D eigenvalue weighted by Crippen LogP contribution is -2.33. The average Bonchev–Trinajstić information content (AvgIpc) is 3.14. The van der Waals surface area contributed by atoms with Gasteiger partial charge in [0.25, 0.3) is 0 Å². The molecule has 0 fully saturated rings. The first-order valence-electron chi connectivity index (χ1n) is 10.5. The molecule has 0 saturated heterocycles. The Kier molecular flexibility index (Phi) is 5.56. The Hall–Kier alpha value is -2.79. The average molecular weight is 406 g/mol. The number of nitrogens with zero attached hydrogens (tertiary/aromatic N) is 2. The van der Waals surface area contributed by atoms with E-state index < -0.39 is 0 Å². The van der Waals surface area contributed by atoms with Gasteiger partial charge in [-0.25, -0.2) is 4.68 Å². The van der Waals surface area contributed by atoms with Gasteiger partial charge in [0.2, 0.25) is 0 Å². The first kappa shape index (κ1) is 20.5. The highest BCUT2D eigenvalue weighted by atomic mass is 16.5. The molecular formula is C25H31N3O2. The highest BCUT2D eigenvalue weighted by Gasteiger charge is 2.35. The summed E-state index contributed by atoms with van der Waals surface area (Å²) >= 11 is 0. The summed E-state index contributed by atoms with van der Waals surface area (Å²) in [5.74, 6) is 1.51. The molecule has 1 heterocycles. The zero-order valence-electron chi connectivity index (χ0n) is 18.5. The monoisotopic (exact) mass is 405 g/mol. The van der Waals surface area contributed by atoms with Gasteiger partial charge in [0, 0.05) is 23.8 Å². The summed E-state index contributed by atoms with van der Waals surface area (Å²) in [6.07, 6.45) is 4.14. The number of nitrogens with one attached hydrogen (secondary N) is 1. The first-order valence-corrected chi connectivity index (χ1v) is 10.5. The van der Waals surface area contributed by atoms with Crippen LogP contribution < -0.4 is 14.8 Å². The molecule has 1 aliphatic carbocycles. The molecule has 158 valence electrons. The van der Waals surface area contributed by atoms with Crippen LogP contribution in [0.3, 0.4) is 0 Å². The number of aryl methyl sites for hydroxylation is 1. The maximum atomic E-state index is 5.46. The zero-order chi connectivity index (χ0) is 21.3. The fourth-order valence-electron chi connectivity index (χ4n) is 4.46. The molecule has 4 rings (SSSR count). The first-order chi connectivity index (χ1) is 14.4. The maximum absolute atomic E-state index is 5.46. The van der Waals surface area contributed by atoms with Crippen LogP contribution in [-0.2, 0) is 13.0 Å². The van der Waals surface area contributed by atoms with Gasteiger partial charge in [0.15, 0.2) is 11.5 Å². The van der Waals surface area contributed by atoms with Gasteiger partial charge in [-0.15, -0.1) is 0 Å². The number of ether oxygens (including phenoxy) is 2. The number of hydrogen-bond acceptors (Lipinski definition) is 4. The largest absolute Gasteiger partial charge is 0.493 e. The number of fused-ring (bicyclic) bond motifs is 1. The number of aromatic nitrogens is 2. The molecule has 1 aromatic heterocycles. The van der Waals surface area contributed by atoms with Crippen LogP contribution in [0.15, 0.2) is 48.7 Å². The van der Waals surface area contributed by atoms with E-state index in [-0.39, 0.29) is 11.5 Å². The van der Waals surface area contributed by atoms with Crippen molar-refractivity contribution in [3.63, 3.8) is 0 Å². The van der Waals surface area contributed by atoms with Crippen LogP contribution in [0.2, 0.25) is 0 Å². The van der Waals surface area contributed by atoms with Crippen molar-refractivity contribution in [2.24, 2.45) is 5.41 Å². The molecule has 3 aromatic rings. The molecule has 1 N–H and O–H groups in total. The zero-order valence-corrected chi connectivity index (χ0v) is 18.5. The number of methoxy groups -OCH3 is 2. The third kappa shape index (κ3) is 3.94. The van der Waals surface area contributed by atoms with Crippen LogP contribution in [0.5, 0.6) is 11.5 Å². The Balaban J connectivity index is 1.61. The van der Waals surface area contributed by atoms with Gasteiger partial charge in [-0.3, -0.25) is 0 Å². The van der Waals surface area contributed by atoms with E-state index in [4.69, 9.17) is 14.6 Å². The van der Waals surface area contributed by atoms with Crippen molar-refractivity contribution in [1.29, 1.82) is 0 Å². The molecule has 0 radical (unpaired) electrons. The molecular weight excluding hydrogens is 374 g/mol. The molecule has 1 unspecified atom stereocenters. The minimum absolute atomic E-state index is 0.197. The lowest BCUT2D eigenvalue weighted by atomic mass is 9.74. The second kappa shape index (κ2) is 8.15. The summed E-state index contributed by atoms with van der Waals surface area (Å²) in [5.41, 5.74) is 6.38. The van der Waals surface area contributed by atoms with Crippen LogP contribution in [0.1, 0.15) is 48.7 Å². The molecule has 0 aliphatic heterocycles. The van der Waals surface area contributed by atoms with E-state index in [0.29, 0.717) is 0 Å². The van der Waals surface area contributed by atoms with E-state index >= 15 is 0 Å². The number of benzene rings is 2. The summed E-state index contributed by atoms with van der Waals surface area (Å²) in [7, 11) is 3.33. The SMILES string of the molecule is COc1ccc(CNC2CC(C)(C)Cc3c2cnn3-c2ccccc2C)cc1OC. The fourth-order valence-corrected chi connectivity index (χ4v) is 4.46. The van der Waals surface area contributed by atoms with Crippen molar-refractivity contribution in [2.45, 2.75) is 46.2 Å². The van der Waals surface area contributed by atoms with Gasteiger partial charge in [0.1, 0.15) is 0 Å². The lowest BCUT2D eigenvalue weighted by Gasteiger charge is -2.36. The summed E-state index contributed by atoms with van der Waals surface area (Å²) in [4.78, 5) is 0. The van der Waals surface area contributed by atoms with Gasteiger partial charge in [-0.1, -0.05) is 38.1 Å². The Morgan fingerprint density at radius 2 is 1.87 bits per heavy atom. The smallest absolute Gasteiger partial charge is 0.161 e. The van der Waals surface area contributed by atoms with Crippen LogP contribution in [0.4, 0.5) is 0 Å². The number of para-hydroxylation sites is 1. The van der Waals surface area contributed by atoms with E-state index in [0.717, 1.165) is 36.6 Å². The van der Waals surface area contributed by atoms with Crippen molar-refractivity contribution >= 4 is 0 Å². The second-order valence-electron chi connectivity index (χ2n) is 8.91. The fraction of sp³-hybridized carbons (Fsp3) is 0.400. The standard InChI is InChI=1S/C25H31N3O2/c1-17-8-6-7-9-21(17)28-22-14-25(2,3)13-20(19(22)16-27-28)26-15-18-10-11-23(29-4)24(12-18)30-5/h6-12,16,20,26H,13-15H2,1-5H3. The number of hydrogen-bond donors (Lipinski definition) is 1. The minimum atomic E-state index is 0.197. The third-order valence-electron chi connectivity index (χ3n) is 6.02. The molecule has 2 aromatic carbocycles.